The van der Waals surface area contributed by atoms with Crippen molar-refractivity contribution in [3.63, 3.8) is 0 Å². The molecule has 0 aliphatic carbocycles. The summed E-state index contributed by atoms with van der Waals surface area (Å²) in [6.45, 7) is 2.51. The number of unbranched alkanes of at least 4 members (excludes halogenated alkanes) is 6. The van der Waals surface area contributed by atoms with Crippen LogP contribution in [-0.4, -0.2) is 36.9 Å². The van der Waals surface area contributed by atoms with Crippen LogP contribution in [0.4, 0.5) is 0 Å². The van der Waals surface area contributed by atoms with Crippen molar-refractivity contribution >= 4 is 11.9 Å². The number of carbonyl (C=O) groups excluding carboxylic acids is 2. The molecule has 0 amide bonds. The molecule has 0 unspecified atom stereocenters. The third kappa shape index (κ3) is 17.3. The zero-order chi connectivity index (χ0) is 18.8. The summed E-state index contributed by atoms with van der Waals surface area (Å²) in [5.74, 6) is -0.322. The summed E-state index contributed by atoms with van der Waals surface area (Å²) in [6.07, 6.45) is 13.6. The van der Waals surface area contributed by atoms with Crippen LogP contribution in [0.15, 0.2) is 12.2 Å². The number of hydrogen-bond donors (Lipinski definition) is 1. The van der Waals surface area contributed by atoms with Crippen LogP contribution in [0, 0.1) is 0 Å². The van der Waals surface area contributed by atoms with Gasteiger partial charge in [0.15, 0.2) is 0 Å². The quantitative estimate of drug-likeness (QED) is 0.253. The lowest BCUT2D eigenvalue weighted by Crippen LogP contribution is -2.05. The molecule has 0 bridgehead atoms. The number of aliphatic hydroxyl groups excluding tert-OH is 1. The Kier molecular flexibility index (Phi) is 16.5. The lowest BCUT2D eigenvalue weighted by atomic mass is 10.1. The van der Waals surface area contributed by atoms with Crippen molar-refractivity contribution in [3.05, 3.63) is 12.2 Å². The summed E-state index contributed by atoms with van der Waals surface area (Å²) < 4.78 is 9.74. The minimum atomic E-state index is -0.388. The second-order valence-corrected chi connectivity index (χ2v) is 6.34. The van der Waals surface area contributed by atoms with E-state index in [-0.39, 0.29) is 18.0 Å². The van der Waals surface area contributed by atoms with Crippen molar-refractivity contribution in [1.29, 1.82) is 0 Å². The normalized spacial score (nSPS) is 12.3. The van der Waals surface area contributed by atoms with Gasteiger partial charge in [0.1, 0.15) is 0 Å². The molecule has 5 nitrogen and oxygen atoms in total. The molecule has 25 heavy (non-hydrogen) atoms. The molecule has 0 heterocycles. The Balaban J connectivity index is 3.42. The molecule has 0 spiro atoms. The highest BCUT2D eigenvalue weighted by Gasteiger charge is 2.03. The smallest absolute Gasteiger partial charge is 0.305 e. The second-order valence-electron chi connectivity index (χ2n) is 6.34. The molecule has 0 rings (SSSR count). The molecule has 0 saturated heterocycles. The number of rotatable bonds is 16. The van der Waals surface area contributed by atoms with E-state index < -0.39 is 0 Å². The highest BCUT2D eigenvalue weighted by Crippen LogP contribution is 2.08. The van der Waals surface area contributed by atoms with Crippen molar-refractivity contribution in [2.24, 2.45) is 0 Å². The maximum Gasteiger partial charge on any atom is 0.305 e. The van der Waals surface area contributed by atoms with Crippen LogP contribution < -0.4 is 0 Å². The van der Waals surface area contributed by atoms with Gasteiger partial charge in [0.2, 0.25) is 0 Å². The van der Waals surface area contributed by atoms with Gasteiger partial charge in [-0.3, -0.25) is 9.59 Å². The Labute approximate surface area is 152 Å². The molecule has 0 aromatic rings. The molecule has 0 aliphatic rings. The van der Waals surface area contributed by atoms with Gasteiger partial charge in [-0.1, -0.05) is 57.6 Å². The monoisotopic (exact) mass is 356 g/mol. The molecule has 0 aliphatic heterocycles. The summed E-state index contributed by atoms with van der Waals surface area (Å²) in [4.78, 5) is 22.5. The van der Waals surface area contributed by atoms with Gasteiger partial charge in [0.25, 0.3) is 0 Å². The number of ether oxygens (including phenoxy) is 2. The highest BCUT2D eigenvalue weighted by atomic mass is 16.5. The zero-order valence-corrected chi connectivity index (χ0v) is 16.0. The maximum absolute atomic E-state index is 11.6. The molecule has 0 aromatic heterocycles. The fraction of sp³-hybridized carbons (Fsp3) is 0.800. The van der Waals surface area contributed by atoms with E-state index in [0.29, 0.717) is 25.9 Å². The molecular weight excluding hydrogens is 320 g/mol. The first-order valence-electron chi connectivity index (χ1n) is 9.67. The highest BCUT2D eigenvalue weighted by molar-refractivity contribution is 5.69. The lowest BCUT2D eigenvalue weighted by Gasteiger charge is -2.05. The number of carbonyl (C=O) groups is 2. The summed E-state index contributed by atoms with van der Waals surface area (Å²) in [5.41, 5.74) is 0. The first kappa shape index (κ1) is 23.6. The van der Waals surface area contributed by atoms with Crippen LogP contribution in [0.5, 0.6) is 0 Å². The van der Waals surface area contributed by atoms with E-state index in [1.54, 1.807) is 6.08 Å². The van der Waals surface area contributed by atoms with Gasteiger partial charge in [0, 0.05) is 12.8 Å². The first-order chi connectivity index (χ1) is 12.1. The van der Waals surface area contributed by atoms with Gasteiger partial charge >= 0.3 is 11.9 Å². The molecule has 0 fully saturated rings. The number of aliphatic hydroxyl groups is 1. The van der Waals surface area contributed by atoms with Crippen LogP contribution in [0.2, 0.25) is 0 Å². The number of methoxy groups -OCH3 is 1. The Morgan fingerprint density at radius 3 is 2.24 bits per heavy atom. The second kappa shape index (κ2) is 17.5. The van der Waals surface area contributed by atoms with Crippen molar-refractivity contribution < 1.29 is 24.2 Å². The average Bonchev–Trinajstić information content (AvgIpc) is 2.60. The predicted octanol–water partition coefficient (Wildman–Crippen LogP) is 4.32. The van der Waals surface area contributed by atoms with Gasteiger partial charge in [-0.25, -0.2) is 0 Å². The van der Waals surface area contributed by atoms with Gasteiger partial charge in [-0.05, 0) is 25.7 Å². The SMILES string of the molecule is CCCCC[C@H](O)/C=C/CCOC(=O)CCCCCCCC(=O)OC. The summed E-state index contributed by atoms with van der Waals surface area (Å²) in [6, 6.07) is 0. The van der Waals surface area contributed by atoms with Gasteiger partial charge < -0.3 is 14.6 Å². The van der Waals surface area contributed by atoms with Crippen LogP contribution in [0.1, 0.15) is 84.0 Å². The molecule has 5 heteroatoms. The Hall–Kier alpha value is -1.36. The Morgan fingerprint density at radius 2 is 1.60 bits per heavy atom. The van der Waals surface area contributed by atoms with E-state index in [2.05, 4.69) is 11.7 Å². The van der Waals surface area contributed by atoms with E-state index in [9.17, 15) is 14.7 Å². The van der Waals surface area contributed by atoms with Crippen LogP contribution in [0.25, 0.3) is 0 Å². The third-order valence-electron chi connectivity index (χ3n) is 4.00. The standard InChI is InChI=1S/C20H36O5/c1-3-4-8-13-18(21)14-11-12-17-25-20(23)16-10-7-5-6-9-15-19(22)24-2/h11,14,18,21H,3-10,12-13,15-17H2,1-2H3/b14-11+/t18-/m0/s1. The maximum atomic E-state index is 11.6. The minimum Gasteiger partial charge on any atom is -0.469 e. The van der Waals surface area contributed by atoms with Gasteiger partial charge in [-0.15, -0.1) is 0 Å². The molecule has 0 saturated carbocycles. The van der Waals surface area contributed by atoms with Gasteiger partial charge in [-0.2, -0.15) is 0 Å². The molecule has 1 atom stereocenters. The summed E-state index contributed by atoms with van der Waals surface area (Å²) >= 11 is 0. The van der Waals surface area contributed by atoms with Crippen molar-refractivity contribution in [2.45, 2.75) is 90.1 Å². The van der Waals surface area contributed by atoms with Crippen LogP contribution in [-0.2, 0) is 19.1 Å². The summed E-state index contributed by atoms with van der Waals surface area (Å²) in [5, 5.41) is 9.71. The van der Waals surface area contributed by atoms with Crippen molar-refractivity contribution in [2.75, 3.05) is 13.7 Å². The van der Waals surface area contributed by atoms with Crippen molar-refractivity contribution in [3.8, 4) is 0 Å². The van der Waals surface area contributed by atoms with Crippen molar-refractivity contribution in [1.82, 2.24) is 0 Å². The van der Waals surface area contributed by atoms with E-state index in [4.69, 9.17) is 4.74 Å². The average molecular weight is 357 g/mol. The molecule has 1 N–H and O–H groups in total. The van der Waals surface area contributed by atoms with E-state index >= 15 is 0 Å². The van der Waals surface area contributed by atoms with E-state index in [1.165, 1.54) is 7.11 Å². The van der Waals surface area contributed by atoms with E-state index in [1.807, 2.05) is 6.08 Å². The Morgan fingerprint density at radius 1 is 0.960 bits per heavy atom. The molecule has 0 aromatic carbocycles. The topological polar surface area (TPSA) is 72.8 Å². The number of esters is 2. The third-order valence-corrected chi connectivity index (χ3v) is 4.00. The predicted molar refractivity (Wildman–Crippen MR) is 99.2 cm³/mol. The zero-order valence-electron chi connectivity index (χ0n) is 16.0. The fourth-order valence-corrected chi connectivity index (χ4v) is 2.44. The van der Waals surface area contributed by atoms with Crippen LogP contribution >= 0.6 is 0 Å². The largest absolute Gasteiger partial charge is 0.469 e. The van der Waals surface area contributed by atoms with Gasteiger partial charge in [0.05, 0.1) is 19.8 Å². The first-order valence-corrected chi connectivity index (χ1v) is 9.67. The molecule has 146 valence electrons. The minimum absolute atomic E-state index is 0.161. The van der Waals surface area contributed by atoms with Crippen LogP contribution in [0.3, 0.4) is 0 Å². The van der Waals surface area contributed by atoms with E-state index in [0.717, 1.165) is 57.8 Å². The fourth-order valence-electron chi connectivity index (χ4n) is 2.44. The molecular formula is C20H36O5. The summed E-state index contributed by atoms with van der Waals surface area (Å²) in [7, 11) is 1.40. The Bertz CT molecular complexity index is 365. The lowest BCUT2D eigenvalue weighted by molar-refractivity contribution is -0.143. The number of hydrogen-bond acceptors (Lipinski definition) is 5. The molecule has 0 radical (unpaired) electrons.